The lowest BCUT2D eigenvalue weighted by molar-refractivity contribution is 0.0380. The Morgan fingerprint density at radius 1 is 1.50 bits per heavy atom. The van der Waals surface area contributed by atoms with Crippen LogP contribution in [0.3, 0.4) is 0 Å². The van der Waals surface area contributed by atoms with Crippen LogP contribution in [0.15, 0.2) is 12.1 Å². The number of methoxy groups -OCH3 is 1. The van der Waals surface area contributed by atoms with Gasteiger partial charge in [-0.2, -0.15) is 0 Å². The van der Waals surface area contributed by atoms with Gasteiger partial charge in [-0.1, -0.05) is 0 Å². The van der Waals surface area contributed by atoms with Crippen LogP contribution in [0, 0.1) is 0 Å². The molecule has 0 saturated heterocycles. The van der Waals surface area contributed by atoms with Crippen LogP contribution >= 0.6 is 0 Å². The number of fused-ring (bicyclic) bond motifs is 1. The van der Waals surface area contributed by atoms with Crippen molar-refractivity contribution in [3.8, 4) is 11.5 Å². The summed E-state index contributed by atoms with van der Waals surface area (Å²) in [7, 11) is 3.08. The van der Waals surface area contributed by atoms with Crippen LogP contribution < -0.4 is 15.2 Å². The number of nitrogen functional groups attached to an aromatic ring is 1. The molecule has 0 spiro atoms. The molecule has 1 aromatic rings. The quantitative estimate of drug-likeness (QED) is 0.743. The predicted octanol–water partition coefficient (Wildman–Crippen LogP) is 0.0768. The number of hydrogen-bond acceptors (Lipinski definition) is 6. The van der Waals surface area contributed by atoms with E-state index >= 15 is 0 Å². The van der Waals surface area contributed by atoms with Gasteiger partial charge in [0.2, 0.25) is 6.79 Å². The molecule has 3 N–H and O–H groups in total. The summed E-state index contributed by atoms with van der Waals surface area (Å²) >= 11 is 0. The van der Waals surface area contributed by atoms with Gasteiger partial charge in [0, 0.05) is 32.5 Å². The molecule has 0 aliphatic carbocycles. The third-order valence-electron chi connectivity index (χ3n) is 2.97. The van der Waals surface area contributed by atoms with Crippen molar-refractivity contribution in [3.63, 3.8) is 0 Å². The number of hydrogen-bond donors (Lipinski definition) is 2. The van der Waals surface area contributed by atoms with Crippen LogP contribution in [0.4, 0.5) is 5.69 Å². The van der Waals surface area contributed by atoms with Crippen LogP contribution in [0.2, 0.25) is 0 Å². The highest BCUT2D eigenvalue weighted by Crippen LogP contribution is 2.36. The zero-order valence-corrected chi connectivity index (χ0v) is 11.5. The third-order valence-corrected chi connectivity index (χ3v) is 2.97. The van der Waals surface area contributed by atoms with E-state index < -0.39 is 6.10 Å². The number of nitrogens with zero attached hydrogens (tertiary/aromatic N) is 1. The second-order valence-electron chi connectivity index (χ2n) is 4.59. The van der Waals surface area contributed by atoms with E-state index in [0.717, 1.165) is 0 Å². The lowest BCUT2D eigenvalue weighted by Gasteiger charge is -2.21. The summed E-state index contributed by atoms with van der Waals surface area (Å²) in [5.41, 5.74) is 6.48. The largest absolute Gasteiger partial charge is 0.454 e. The van der Waals surface area contributed by atoms with Crippen molar-refractivity contribution in [2.45, 2.75) is 6.10 Å². The molecule has 1 aliphatic rings. The second-order valence-corrected chi connectivity index (χ2v) is 4.59. The van der Waals surface area contributed by atoms with E-state index in [-0.39, 0.29) is 25.9 Å². The number of rotatable bonds is 5. The minimum Gasteiger partial charge on any atom is -0.454 e. The molecule has 7 nitrogen and oxygen atoms in total. The first-order valence-electron chi connectivity index (χ1n) is 6.14. The summed E-state index contributed by atoms with van der Waals surface area (Å²) in [6, 6.07) is 3.12. The molecule has 0 radical (unpaired) electrons. The number of carbonyl (C=O) groups excluding carboxylic acids is 1. The van der Waals surface area contributed by atoms with Crippen molar-refractivity contribution in [1.82, 2.24) is 4.90 Å². The van der Waals surface area contributed by atoms with Gasteiger partial charge in [-0.3, -0.25) is 4.79 Å². The van der Waals surface area contributed by atoms with Crippen LogP contribution in [0.5, 0.6) is 11.5 Å². The van der Waals surface area contributed by atoms with Gasteiger partial charge in [0.15, 0.2) is 11.5 Å². The summed E-state index contributed by atoms with van der Waals surface area (Å²) < 4.78 is 15.2. The number of anilines is 1. The molecule has 1 heterocycles. The number of aliphatic hydroxyl groups is 1. The lowest BCUT2D eigenvalue weighted by atomic mass is 10.1. The fourth-order valence-corrected chi connectivity index (χ4v) is 1.99. The molecule has 1 atom stereocenters. The molecule has 0 bridgehead atoms. The summed E-state index contributed by atoms with van der Waals surface area (Å²) in [6.07, 6.45) is -0.746. The topological polar surface area (TPSA) is 94.3 Å². The van der Waals surface area contributed by atoms with Crippen molar-refractivity contribution in [2.24, 2.45) is 0 Å². The van der Waals surface area contributed by atoms with Crippen LogP contribution in [0.25, 0.3) is 0 Å². The Morgan fingerprint density at radius 3 is 2.80 bits per heavy atom. The van der Waals surface area contributed by atoms with Gasteiger partial charge < -0.3 is 30.0 Å². The SMILES string of the molecule is COCC(O)CN(C)C(=O)c1cc2c(cc1N)OCO2. The van der Waals surface area contributed by atoms with Gasteiger partial charge in [-0.05, 0) is 6.07 Å². The van der Waals surface area contributed by atoms with E-state index in [4.69, 9.17) is 19.9 Å². The number of benzene rings is 1. The average molecular weight is 282 g/mol. The van der Waals surface area contributed by atoms with E-state index in [0.29, 0.717) is 22.7 Å². The molecule has 0 aromatic heterocycles. The first-order chi connectivity index (χ1) is 9.52. The van der Waals surface area contributed by atoms with Gasteiger partial charge in [0.25, 0.3) is 5.91 Å². The molecule has 110 valence electrons. The van der Waals surface area contributed by atoms with Crippen molar-refractivity contribution in [1.29, 1.82) is 0 Å². The number of nitrogens with two attached hydrogens (primary N) is 1. The normalized spacial score (nSPS) is 14.2. The molecule has 7 heteroatoms. The first-order valence-corrected chi connectivity index (χ1v) is 6.14. The maximum absolute atomic E-state index is 12.3. The molecule has 1 aliphatic heterocycles. The van der Waals surface area contributed by atoms with Gasteiger partial charge in [0.1, 0.15) is 0 Å². The summed E-state index contributed by atoms with van der Waals surface area (Å²) in [5, 5.41) is 9.64. The predicted molar refractivity (Wildman–Crippen MR) is 71.8 cm³/mol. The summed E-state index contributed by atoms with van der Waals surface area (Å²) in [4.78, 5) is 13.7. The maximum Gasteiger partial charge on any atom is 0.255 e. The van der Waals surface area contributed by atoms with Crippen molar-refractivity contribution < 1.29 is 24.1 Å². The molecule has 1 unspecified atom stereocenters. The van der Waals surface area contributed by atoms with Gasteiger partial charge in [-0.25, -0.2) is 0 Å². The number of carbonyl (C=O) groups is 1. The molecule has 0 saturated carbocycles. The molecule has 0 fully saturated rings. The standard InChI is InChI=1S/C13H18N2O5/c1-15(5-8(16)6-18-2)13(17)9-3-11-12(4-10(9)14)20-7-19-11/h3-4,8,16H,5-7,14H2,1-2H3. The zero-order valence-electron chi connectivity index (χ0n) is 11.5. The van der Waals surface area contributed by atoms with Crippen molar-refractivity contribution in [3.05, 3.63) is 17.7 Å². The molecular weight excluding hydrogens is 264 g/mol. The van der Waals surface area contributed by atoms with E-state index in [2.05, 4.69) is 0 Å². The van der Waals surface area contributed by atoms with Crippen LogP contribution in [-0.2, 0) is 4.74 Å². The number of amides is 1. The number of ether oxygens (including phenoxy) is 3. The van der Waals surface area contributed by atoms with Crippen molar-refractivity contribution in [2.75, 3.05) is 39.8 Å². The minimum atomic E-state index is -0.746. The lowest BCUT2D eigenvalue weighted by Crippen LogP contribution is -2.36. The molecule has 20 heavy (non-hydrogen) atoms. The molecule has 1 amide bonds. The average Bonchev–Trinajstić information content (AvgIpc) is 2.84. The minimum absolute atomic E-state index is 0.120. The highest BCUT2D eigenvalue weighted by molar-refractivity contribution is 6.00. The molecular formula is C13H18N2O5. The summed E-state index contributed by atoms with van der Waals surface area (Å²) in [5.74, 6) is 0.727. The Labute approximate surface area is 116 Å². The highest BCUT2D eigenvalue weighted by atomic mass is 16.7. The third kappa shape index (κ3) is 2.94. The number of aliphatic hydroxyl groups excluding tert-OH is 1. The van der Waals surface area contributed by atoms with Crippen molar-refractivity contribution >= 4 is 11.6 Å². The van der Waals surface area contributed by atoms with E-state index in [9.17, 15) is 9.90 Å². The Hall–Kier alpha value is -1.99. The van der Waals surface area contributed by atoms with E-state index in [1.165, 1.54) is 12.0 Å². The Balaban J connectivity index is 2.12. The van der Waals surface area contributed by atoms with E-state index in [1.807, 2.05) is 0 Å². The van der Waals surface area contributed by atoms with E-state index in [1.54, 1.807) is 19.2 Å². The fraction of sp³-hybridized carbons (Fsp3) is 0.462. The maximum atomic E-state index is 12.3. The molecule has 2 rings (SSSR count). The summed E-state index contributed by atoms with van der Waals surface area (Å²) in [6.45, 7) is 0.434. The smallest absolute Gasteiger partial charge is 0.255 e. The Morgan fingerprint density at radius 2 is 2.15 bits per heavy atom. The van der Waals surface area contributed by atoms with Gasteiger partial charge in [0.05, 0.1) is 18.3 Å². The van der Waals surface area contributed by atoms with Gasteiger partial charge >= 0.3 is 0 Å². The molecule has 1 aromatic carbocycles. The Bertz CT molecular complexity index is 506. The number of likely N-dealkylation sites (N-methyl/N-ethyl adjacent to an activating group) is 1. The van der Waals surface area contributed by atoms with Crippen LogP contribution in [-0.4, -0.2) is 56.1 Å². The second kappa shape index (κ2) is 5.98. The highest BCUT2D eigenvalue weighted by Gasteiger charge is 2.22. The fourth-order valence-electron chi connectivity index (χ4n) is 1.99. The van der Waals surface area contributed by atoms with Crippen LogP contribution in [0.1, 0.15) is 10.4 Å². The Kier molecular flexibility index (Phi) is 4.31. The zero-order chi connectivity index (χ0) is 14.7. The first kappa shape index (κ1) is 14.4. The van der Waals surface area contributed by atoms with Gasteiger partial charge in [-0.15, -0.1) is 0 Å². The monoisotopic (exact) mass is 282 g/mol.